The minimum Gasteiger partial charge on any atom is -0.373 e. The van der Waals surface area contributed by atoms with Crippen LogP contribution in [0.25, 0.3) is 10.9 Å². The van der Waals surface area contributed by atoms with E-state index < -0.39 is 0 Å². The molecular formula is C14H16Cl2N2. The average molecular weight is 283 g/mol. The zero-order valence-electron chi connectivity index (χ0n) is 10.9. The maximum atomic E-state index is 6.18. The second-order valence-corrected chi connectivity index (χ2v) is 6.19. The number of benzene rings is 1. The molecule has 0 unspecified atom stereocenters. The number of aromatic nitrogens is 1. The minimum atomic E-state index is 0.00826. The van der Waals surface area contributed by atoms with E-state index in [2.05, 4.69) is 37.1 Å². The van der Waals surface area contributed by atoms with Gasteiger partial charge in [-0.2, -0.15) is 0 Å². The van der Waals surface area contributed by atoms with Crippen LogP contribution in [-0.4, -0.2) is 12.0 Å². The quantitative estimate of drug-likeness (QED) is 0.806. The highest BCUT2D eigenvalue weighted by Gasteiger charge is 2.20. The van der Waals surface area contributed by atoms with Crippen molar-refractivity contribution in [1.82, 2.24) is 4.98 Å². The van der Waals surface area contributed by atoms with Crippen LogP contribution in [0.1, 0.15) is 26.3 Å². The van der Waals surface area contributed by atoms with Crippen LogP contribution in [-0.2, 0) is 5.41 Å². The van der Waals surface area contributed by atoms with Crippen molar-refractivity contribution in [3.8, 4) is 0 Å². The summed E-state index contributed by atoms with van der Waals surface area (Å²) >= 11 is 12.2. The van der Waals surface area contributed by atoms with Gasteiger partial charge in [-0.05, 0) is 23.6 Å². The second kappa shape index (κ2) is 4.60. The molecule has 2 nitrogen and oxygen atoms in total. The molecule has 0 aliphatic carbocycles. The van der Waals surface area contributed by atoms with Gasteiger partial charge in [0.15, 0.2) is 0 Å². The number of nitrogens with one attached hydrogen (secondary N) is 1. The Kier molecular flexibility index (Phi) is 3.43. The lowest BCUT2D eigenvalue weighted by Crippen LogP contribution is -2.15. The van der Waals surface area contributed by atoms with Crippen LogP contribution in [0.4, 0.5) is 5.82 Å². The molecule has 0 aliphatic heterocycles. The normalized spacial score (nSPS) is 11.9. The topological polar surface area (TPSA) is 24.9 Å². The van der Waals surface area contributed by atoms with Crippen molar-refractivity contribution in [1.29, 1.82) is 0 Å². The zero-order valence-corrected chi connectivity index (χ0v) is 12.4. The lowest BCUT2D eigenvalue weighted by Gasteiger charge is -2.22. The van der Waals surface area contributed by atoms with Crippen LogP contribution in [0, 0.1) is 0 Å². The standard InChI is InChI=1S/C14H16Cl2N2/c1-14(2,3)10-6-8-5-9(15)7-11(16)12(8)18-13(10)17-4/h5-7H,1-4H3,(H,17,18). The number of rotatable bonds is 1. The van der Waals surface area contributed by atoms with E-state index in [4.69, 9.17) is 23.2 Å². The molecule has 0 fully saturated rings. The highest BCUT2D eigenvalue weighted by atomic mass is 35.5. The van der Waals surface area contributed by atoms with Crippen molar-refractivity contribution in [2.24, 2.45) is 0 Å². The van der Waals surface area contributed by atoms with Gasteiger partial charge >= 0.3 is 0 Å². The van der Waals surface area contributed by atoms with Gasteiger partial charge in [0.2, 0.25) is 0 Å². The number of nitrogens with zero attached hydrogens (tertiary/aromatic N) is 1. The highest BCUT2D eigenvalue weighted by Crippen LogP contribution is 2.34. The first-order valence-electron chi connectivity index (χ1n) is 5.81. The smallest absolute Gasteiger partial charge is 0.130 e. The van der Waals surface area contributed by atoms with Crippen LogP contribution >= 0.6 is 23.2 Å². The van der Waals surface area contributed by atoms with E-state index >= 15 is 0 Å². The third-order valence-corrected chi connectivity index (χ3v) is 3.39. The predicted molar refractivity (Wildman–Crippen MR) is 80.0 cm³/mol. The number of fused-ring (bicyclic) bond motifs is 1. The Labute approximate surface area is 117 Å². The fraction of sp³-hybridized carbons (Fsp3) is 0.357. The van der Waals surface area contributed by atoms with Crippen LogP contribution in [0.15, 0.2) is 18.2 Å². The number of pyridine rings is 1. The van der Waals surface area contributed by atoms with Crippen molar-refractivity contribution in [2.75, 3.05) is 12.4 Å². The van der Waals surface area contributed by atoms with Crippen molar-refractivity contribution < 1.29 is 0 Å². The van der Waals surface area contributed by atoms with Crippen LogP contribution in [0.5, 0.6) is 0 Å². The summed E-state index contributed by atoms with van der Waals surface area (Å²) in [6, 6.07) is 5.71. The Morgan fingerprint density at radius 1 is 1.11 bits per heavy atom. The second-order valence-electron chi connectivity index (χ2n) is 5.34. The largest absolute Gasteiger partial charge is 0.373 e. The van der Waals surface area contributed by atoms with Gasteiger partial charge in [0.1, 0.15) is 5.82 Å². The van der Waals surface area contributed by atoms with Gasteiger partial charge in [-0.3, -0.25) is 0 Å². The molecule has 0 radical (unpaired) electrons. The lowest BCUT2D eigenvalue weighted by atomic mass is 9.86. The van der Waals surface area contributed by atoms with Gasteiger partial charge in [0, 0.05) is 23.0 Å². The Hall–Kier alpha value is -0.990. The molecule has 0 amide bonds. The number of hydrogen-bond acceptors (Lipinski definition) is 2. The van der Waals surface area contributed by atoms with Crippen LogP contribution < -0.4 is 5.32 Å². The minimum absolute atomic E-state index is 0.00826. The van der Waals surface area contributed by atoms with Crippen molar-refractivity contribution >= 4 is 39.9 Å². The molecule has 2 aromatic rings. The van der Waals surface area contributed by atoms with Crippen LogP contribution in [0.2, 0.25) is 10.0 Å². The maximum absolute atomic E-state index is 6.18. The molecule has 18 heavy (non-hydrogen) atoms. The fourth-order valence-corrected chi connectivity index (χ4v) is 2.52. The number of anilines is 1. The monoisotopic (exact) mass is 282 g/mol. The summed E-state index contributed by atoms with van der Waals surface area (Å²) in [5.41, 5.74) is 1.93. The molecule has 1 aromatic carbocycles. The summed E-state index contributed by atoms with van der Waals surface area (Å²) in [5, 5.41) is 5.31. The van der Waals surface area contributed by atoms with E-state index in [0.29, 0.717) is 10.0 Å². The molecule has 0 aliphatic rings. The summed E-state index contributed by atoms with van der Waals surface area (Å²) < 4.78 is 0. The Morgan fingerprint density at radius 2 is 1.78 bits per heavy atom. The summed E-state index contributed by atoms with van der Waals surface area (Å²) in [4.78, 5) is 4.60. The zero-order chi connectivity index (χ0) is 13.5. The fourth-order valence-electron chi connectivity index (χ4n) is 1.97. The SMILES string of the molecule is CNc1nc2c(Cl)cc(Cl)cc2cc1C(C)(C)C. The van der Waals surface area contributed by atoms with Gasteiger partial charge < -0.3 is 5.32 Å². The van der Waals surface area contributed by atoms with Crippen molar-refractivity contribution in [3.05, 3.63) is 33.8 Å². The van der Waals surface area contributed by atoms with E-state index in [-0.39, 0.29) is 5.41 Å². The predicted octanol–water partition coefficient (Wildman–Crippen LogP) is 4.88. The Bertz CT molecular complexity index is 601. The van der Waals surface area contributed by atoms with Crippen molar-refractivity contribution in [3.63, 3.8) is 0 Å². The van der Waals surface area contributed by atoms with Crippen LogP contribution in [0.3, 0.4) is 0 Å². The summed E-state index contributed by atoms with van der Waals surface area (Å²) in [6.07, 6.45) is 0. The first kappa shape index (κ1) is 13.4. The molecular weight excluding hydrogens is 267 g/mol. The molecule has 1 heterocycles. The van der Waals surface area contributed by atoms with E-state index in [0.717, 1.165) is 22.3 Å². The molecule has 2 rings (SSSR count). The molecule has 1 aromatic heterocycles. The Balaban J connectivity index is 2.81. The molecule has 0 saturated carbocycles. The third kappa shape index (κ3) is 2.40. The number of hydrogen-bond donors (Lipinski definition) is 1. The molecule has 96 valence electrons. The lowest BCUT2D eigenvalue weighted by molar-refractivity contribution is 0.591. The van der Waals surface area contributed by atoms with E-state index in [1.54, 1.807) is 6.07 Å². The van der Waals surface area contributed by atoms with Gasteiger partial charge in [0.25, 0.3) is 0 Å². The van der Waals surface area contributed by atoms with E-state index in [1.807, 2.05) is 13.1 Å². The molecule has 0 saturated heterocycles. The third-order valence-electron chi connectivity index (χ3n) is 2.88. The maximum Gasteiger partial charge on any atom is 0.130 e. The molecule has 4 heteroatoms. The number of halogens is 2. The molecule has 0 atom stereocenters. The summed E-state index contributed by atoms with van der Waals surface area (Å²) in [5.74, 6) is 0.860. The molecule has 0 spiro atoms. The van der Waals surface area contributed by atoms with E-state index in [1.165, 1.54) is 0 Å². The van der Waals surface area contributed by atoms with E-state index in [9.17, 15) is 0 Å². The molecule has 1 N–H and O–H groups in total. The molecule has 0 bridgehead atoms. The summed E-state index contributed by atoms with van der Waals surface area (Å²) in [7, 11) is 1.87. The van der Waals surface area contributed by atoms with Gasteiger partial charge in [-0.15, -0.1) is 0 Å². The highest BCUT2D eigenvalue weighted by molar-refractivity contribution is 6.38. The van der Waals surface area contributed by atoms with Gasteiger partial charge in [-0.25, -0.2) is 4.98 Å². The average Bonchev–Trinajstić information content (AvgIpc) is 2.26. The first-order chi connectivity index (χ1) is 8.32. The summed E-state index contributed by atoms with van der Waals surface area (Å²) in [6.45, 7) is 6.47. The van der Waals surface area contributed by atoms with Gasteiger partial charge in [0.05, 0.1) is 10.5 Å². The van der Waals surface area contributed by atoms with Gasteiger partial charge in [-0.1, -0.05) is 44.0 Å². The van der Waals surface area contributed by atoms with Crippen molar-refractivity contribution in [2.45, 2.75) is 26.2 Å². The first-order valence-corrected chi connectivity index (χ1v) is 6.56. The Morgan fingerprint density at radius 3 is 2.33 bits per heavy atom.